The number of halogens is 5. The van der Waals surface area contributed by atoms with Gasteiger partial charge in [-0.25, -0.2) is 0 Å². The second-order valence-corrected chi connectivity index (χ2v) is 4.97. The third kappa shape index (κ3) is 4.89. The van der Waals surface area contributed by atoms with Gasteiger partial charge in [-0.1, -0.05) is 0 Å². The molecule has 0 saturated heterocycles. The quantitative estimate of drug-likeness (QED) is 0.621. The van der Waals surface area contributed by atoms with Gasteiger partial charge in [-0.2, -0.15) is 13.2 Å². The Morgan fingerprint density at radius 1 is 1.35 bits per heavy atom. The molecule has 0 heterocycles. The van der Waals surface area contributed by atoms with Crippen LogP contribution in [0.1, 0.15) is 5.56 Å². The van der Waals surface area contributed by atoms with Gasteiger partial charge in [0.2, 0.25) is 0 Å². The first-order valence-electron chi connectivity index (χ1n) is 4.68. The highest BCUT2D eigenvalue weighted by Crippen LogP contribution is 2.32. The molecule has 0 aliphatic carbocycles. The van der Waals surface area contributed by atoms with Gasteiger partial charge in [-0.15, -0.1) is 11.6 Å². The predicted octanol–water partition coefficient (Wildman–Crippen LogP) is 3.32. The molecule has 0 radical (unpaired) electrons. The Kier molecular flexibility index (Phi) is 5.33. The summed E-state index contributed by atoms with van der Waals surface area (Å²) in [5.41, 5.74) is -0.402. The van der Waals surface area contributed by atoms with Crippen molar-refractivity contribution < 1.29 is 18.3 Å². The Balaban J connectivity index is 2.83. The van der Waals surface area contributed by atoms with E-state index in [9.17, 15) is 18.3 Å². The van der Waals surface area contributed by atoms with E-state index in [1.165, 1.54) is 0 Å². The standard InChI is InChI=1S/C10H10ClF3INO/c11-4-9(17)5-16-8-2-6(10(12,13)14)1-7(15)3-8/h1-3,9,16-17H,4-5H2. The van der Waals surface area contributed by atoms with Crippen molar-refractivity contribution in [3.8, 4) is 0 Å². The largest absolute Gasteiger partial charge is 0.416 e. The third-order valence-electron chi connectivity index (χ3n) is 1.95. The zero-order chi connectivity index (χ0) is 13.1. The average molecular weight is 380 g/mol. The molecule has 7 heteroatoms. The summed E-state index contributed by atoms with van der Waals surface area (Å²) < 4.78 is 38.0. The van der Waals surface area contributed by atoms with Crippen LogP contribution in [0.15, 0.2) is 18.2 Å². The molecule has 0 fully saturated rings. The number of aliphatic hydroxyl groups excluding tert-OH is 1. The summed E-state index contributed by atoms with van der Waals surface area (Å²) in [6.07, 6.45) is -5.16. The van der Waals surface area contributed by atoms with Crippen molar-refractivity contribution in [2.75, 3.05) is 17.7 Å². The highest BCUT2D eigenvalue weighted by Gasteiger charge is 2.31. The Hall–Kier alpha value is -0.210. The maximum atomic E-state index is 12.5. The van der Waals surface area contributed by atoms with E-state index in [-0.39, 0.29) is 12.4 Å². The molecule has 2 N–H and O–H groups in total. The van der Waals surface area contributed by atoms with E-state index < -0.39 is 17.8 Å². The molecule has 0 spiro atoms. The number of hydrogen-bond acceptors (Lipinski definition) is 2. The fraction of sp³-hybridized carbons (Fsp3) is 0.400. The first-order chi connectivity index (χ1) is 7.82. The molecule has 0 saturated carbocycles. The van der Waals surface area contributed by atoms with Crippen molar-refractivity contribution in [3.63, 3.8) is 0 Å². The molecule has 0 amide bonds. The molecular formula is C10H10ClF3INO. The first kappa shape index (κ1) is 14.8. The van der Waals surface area contributed by atoms with Crippen LogP contribution in [-0.2, 0) is 6.18 Å². The lowest BCUT2D eigenvalue weighted by Crippen LogP contribution is -2.21. The van der Waals surface area contributed by atoms with Crippen molar-refractivity contribution >= 4 is 39.9 Å². The maximum Gasteiger partial charge on any atom is 0.416 e. The van der Waals surface area contributed by atoms with Gasteiger partial charge in [0.15, 0.2) is 0 Å². The van der Waals surface area contributed by atoms with Crippen LogP contribution in [0, 0.1) is 3.57 Å². The number of aliphatic hydroxyl groups is 1. The van der Waals surface area contributed by atoms with Crippen LogP contribution < -0.4 is 5.32 Å². The number of benzene rings is 1. The number of alkyl halides is 4. The molecule has 0 aromatic heterocycles. The van der Waals surface area contributed by atoms with Gasteiger partial charge in [0.05, 0.1) is 17.5 Å². The highest BCUT2D eigenvalue weighted by molar-refractivity contribution is 14.1. The van der Waals surface area contributed by atoms with E-state index in [1.54, 1.807) is 6.07 Å². The van der Waals surface area contributed by atoms with Gasteiger partial charge in [-0.3, -0.25) is 0 Å². The van der Waals surface area contributed by atoms with Crippen molar-refractivity contribution in [3.05, 3.63) is 27.3 Å². The van der Waals surface area contributed by atoms with Gasteiger partial charge in [-0.05, 0) is 40.8 Å². The minimum Gasteiger partial charge on any atom is -0.390 e. The van der Waals surface area contributed by atoms with Crippen LogP contribution in [-0.4, -0.2) is 23.6 Å². The topological polar surface area (TPSA) is 32.3 Å². The Bertz CT molecular complexity index is 386. The summed E-state index contributed by atoms with van der Waals surface area (Å²) in [4.78, 5) is 0. The zero-order valence-corrected chi connectivity index (χ0v) is 11.5. The molecule has 2 nitrogen and oxygen atoms in total. The van der Waals surface area contributed by atoms with Crippen LogP contribution in [0.25, 0.3) is 0 Å². The van der Waals surface area contributed by atoms with Gasteiger partial charge in [0.25, 0.3) is 0 Å². The van der Waals surface area contributed by atoms with Crippen LogP contribution in [0.2, 0.25) is 0 Å². The molecule has 0 aliphatic rings. The summed E-state index contributed by atoms with van der Waals surface area (Å²) in [5.74, 6) is 0.0308. The van der Waals surface area contributed by atoms with Gasteiger partial charge >= 0.3 is 6.18 Å². The monoisotopic (exact) mass is 379 g/mol. The van der Waals surface area contributed by atoms with Gasteiger partial charge < -0.3 is 10.4 Å². The van der Waals surface area contributed by atoms with Gasteiger partial charge in [0.1, 0.15) is 0 Å². The predicted molar refractivity (Wildman–Crippen MR) is 69.4 cm³/mol. The van der Waals surface area contributed by atoms with Crippen molar-refractivity contribution in [2.45, 2.75) is 12.3 Å². The van der Waals surface area contributed by atoms with Gasteiger partial charge in [0, 0.05) is 15.8 Å². The lowest BCUT2D eigenvalue weighted by Gasteiger charge is -2.13. The minimum absolute atomic E-state index is 0.0308. The summed E-state index contributed by atoms with van der Waals surface area (Å²) in [7, 11) is 0. The van der Waals surface area contributed by atoms with E-state index in [0.717, 1.165) is 12.1 Å². The lowest BCUT2D eigenvalue weighted by atomic mass is 10.2. The second-order valence-electron chi connectivity index (χ2n) is 3.42. The first-order valence-corrected chi connectivity index (χ1v) is 6.30. The summed E-state index contributed by atoms with van der Waals surface area (Å²) >= 11 is 7.19. The summed E-state index contributed by atoms with van der Waals surface area (Å²) in [5, 5.41) is 11.9. The molecule has 1 atom stereocenters. The lowest BCUT2D eigenvalue weighted by molar-refractivity contribution is -0.137. The molecule has 1 unspecified atom stereocenters. The molecule has 17 heavy (non-hydrogen) atoms. The number of hydrogen-bond donors (Lipinski definition) is 2. The minimum atomic E-state index is -4.37. The van der Waals surface area contributed by atoms with E-state index >= 15 is 0 Å². The summed E-state index contributed by atoms with van der Waals surface area (Å²) in [6.45, 7) is 0.112. The zero-order valence-electron chi connectivity index (χ0n) is 8.56. The van der Waals surface area contributed by atoms with E-state index in [2.05, 4.69) is 5.32 Å². The fourth-order valence-corrected chi connectivity index (χ4v) is 1.93. The van der Waals surface area contributed by atoms with E-state index in [1.807, 2.05) is 22.6 Å². The number of rotatable bonds is 4. The Morgan fingerprint density at radius 2 is 2.00 bits per heavy atom. The van der Waals surface area contributed by atoms with E-state index in [4.69, 9.17) is 11.6 Å². The fourth-order valence-electron chi connectivity index (χ4n) is 1.15. The number of nitrogens with one attached hydrogen (secondary N) is 1. The smallest absolute Gasteiger partial charge is 0.390 e. The molecule has 96 valence electrons. The van der Waals surface area contributed by atoms with Crippen LogP contribution >= 0.6 is 34.2 Å². The highest BCUT2D eigenvalue weighted by atomic mass is 127. The van der Waals surface area contributed by atoms with Crippen molar-refractivity contribution in [1.29, 1.82) is 0 Å². The van der Waals surface area contributed by atoms with E-state index in [0.29, 0.717) is 9.26 Å². The molecule has 1 aromatic rings. The normalized spacial score (nSPS) is 13.5. The van der Waals surface area contributed by atoms with Crippen molar-refractivity contribution in [1.82, 2.24) is 0 Å². The molecular weight excluding hydrogens is 369 g/mol. The van der Waals surface area contributed by atoms with Crippen LogP contribution in [0.5, 0.6) is 0 Å². The second kappa shape index (κ2) is 6.10. The molecule has 0 bridgehead atoms. The SMILES string of the molecule is OC(CCl)CNc1cc(I)cc(C(F)(F)F)c1. The molecule has 0 aliphatic heterocycles. The molecule has 1 aromatic carbocycles. The molecule has 1 rings (SSSR count). The Labute approximate surface area is 115 Å². The maximum absolute atomic E-state index is 12.5. The van der Waals surface area contributed by atoms with Crippen molar-refractivity contribution in [2.24, 2.45) is 0 Å². The number of anilines is 1. The Morgan fingerprint density at radius 3 is 2.53 bits per heavy atom. The van der Waals surface area contributed by atoms with Crippen LogP contribution in [0.3, 0.4) is 0 Å². The van der Waals surface area contributed by atoms with Crippen LogP contribution in [0.4, 0.5) is 18.9 Å². The third-order valence-corrected chi connectivity index (χ3v) is 2.92. The summed E-state index contributed by atoms with van der Waals surface area (Å²) in [6, 6.07) is 3.63. The average Bonchev–Trinajstić information content (AvgIpc) is 2.24.